The molecule has 0 bridgehead atoms. The van der Waals surface area contributed by atoms with Crippen molar-refractivity contribution in [2.75, 3.05) is 26.8 Å². The Balaban J connectivity index is 1.47. The Kier molecular flexibility index (Phi) is 6.67. The topological polar surface area (TPSA) is 76.9 Å². The number of carbonyl (C=O) groups excluding carboxylic acids is 2. The predicted octanol–water partition coefficient (Wildman–Crippen LogP) is 2.77. The van der Waals surface area contributed by atoms with E-state index in [1.165, 1.54) is 26.5 Å². The van der Waals surface area contributed by atoms with Crippen molar-refractivity contribution in [3.05, 3.63) is 29.8 Å². The van der Waals surface area contributed by atoms with Crippen LogP contribution in [0.2, 0.25) is 0 Å². The molecule has 1 N–H and O–H groups in total. The van der Waals surface area contributed by atoms with E-state index >= 15 is 0 Å². The fourth-order valence-electron chi connectivity index (χ4n) is 3.17. The summed E-state index contributed by atoms with van der Waals surface area (Å²) in [7, 11) is 1.30. The molecule has 29 heavy (non-hydrogen) atoms. The minimum absolute atomic E-state index is 0.310. The van der Waals surface area contributed by atoms with Crippen molar-refractivity contribution >= 4 is 12.1 Å². The largest absolute Gasteiger partial charge is 0.492 e. The van der Waals surface area contributed by atoms with Crippen molar-refractivity contribution < 1.29 is 23.8 Å². The van der Waals surface area contributed by atoms with Crippen LogP contribution in [-0.4, -0.2) is 61.5 Å². The highest BCUT2D eigenvalue weighted by Gasteiger charge is 2.38. The summed E-state index contributed by atoms with van der Waals surface area (Å²) in [4.78, 5) is 26.5. The third-order valence-electron chi connectivity index (χ3n) is 5.00. The van der Waals surface area contributed by atoms with Gasteiger partial charge in [0.2, 0.25) is 0 Å². The van der Waals surface area contributed by atoms with Crippen molar-refractivity contribution in [3.8, 4) is 5.75 Å². The smallest absolute Gasteiger partial charge is 0.408 e. The van der Waals surface area contributed by atoms with Crippen LogP contribution in [0.1, 0.15) is 39.2 Å². The zero-order valence-electron chi connectivity index (χ0n) is 17.8. The number of amides is 1. The van der Waals surface area contributed by atoms with Crippen molar-refractivity contribution in [2.24, 2.45) is 5.92 Å². The molecule has 3 atom stereocenters. The van der Waals surface area contributed by atoms with Gasteiger partial charge in [-0.3, -0.25) is 4.90 Å². The molecule has 1 heterocycles. The molecule has 2 aliphatic rings. The number of alkyl carbamates (subject to hydrolysis) is 1. The van der Waals surface area contributed by atoms with E-state index in [2.05, 4.69) is 10.2 Å². The fourth-order valence-corrected chi connectivity index (χ4v) is 3.17. The normalized spacial score (nSPS) is 21.8. The van der Waals surface area contributed by atoms with Gasteiger partial charge >= 0.3 is 12.1 Å². The summed E-state index contributed by atoms with van der Waals surface area (Å²) in [6.45, 7) is 8.36. The highest BCUT2D eigenvalue weighted by Crippen LogP contribution is 2.33. The number of methoxy groups -OCH3 is 1. The van der Waals surface area contributed by atoms with Crippen LogP contribution < -0.4 is 10.1 Å². The predicted molar refractivity (Wildman–Crippen MR) is 109 cm³/mol. The standard InChI is InChI=1S/C22H32N2O5/c1-22(2,3)29-21(26)23-19(20(25)27-4)11-15-7-9-18(10-8-15)28-14-17-13-24(17)12-16-5-6-16/h7-10,16-17,19H,5-6,11-14H2,1-4H3,(H,23,26)/t17?,19-,24?/m0/s1. The van der Waals surface area contributed by atoms with Gasteiger partial charge in [0.05, 0.1) is 13.2 Å². The molecular weight excluding hydrogens is 372 g/mol. The monoisotopic (exact) mass is 404 g/mol. The van der Waals surface area contributed by atoms with Gasteiger partial charge in [-0.1, -0.05) is 12.1 Å². The molecule has 1 aliphatic carbocycles. The zero-order valence-corrected chi connectivity index (χ0v) is 17.8. The van der Waals surface area contributed by atoms with Gasteiger partial charge in [0, 0.05) is 19.5 Å². The number of hydrogen-bond acceptors (Lipinski definition) is 6. The number of ether oxygens (including phenoxy) is 3. The van der Waals surface area contributed by atoms with Gasteiger partial charge in [-0.25, -0.2) is 9.59 Å². The van der Waals surface area contributed by atoms with E-state index in [-0.39, 0.29) is 0 Å². The van der Waals surface area contributed by atoms with Crippen LogP contribution in [-0.2, 0) is 20.7 Å². The number of esters is 1. The minimum atomic E-state index is -0.816. The van der Waals surface area contributed by atoms with Crippen molar-refractivity contribution in [3.63, 3.8) is 0 Å². The summed E-state index contributed by atoms with van der Waals surface area (Å²) < 4.78 is 15.9. The number of carbonyl (C=O) groups is 2. The van der Waals surface area contributed by atoms with Gasteiger partial charge in [-0.15, -0.1) is 0 Å². The minimum Gasteiger partial charge on any atom is -0.492 e. The van der Waals surface area contributed by atoms with E-state index in [9.17, 15) is 9.59 Å². The van der Waals surface area contributed by atoms with Gasteiger partial charge in [0.1, 0.15) is 24.0 Å². The first-order valence-electron chi connectivity index (χ1n) is 10.3. The first kappa shape index (κ1) is 21.4. The van der Waals surface area contributed by atoms with E-state index in [1.807, 2.05) is 24.3 Å². The van der Waals surface area contributed by atoms with Crippen LogP contribution >= 0.6 is 0 Å². The average Bonchev–Trinajstić information content (AvgIpc) is 3.57. The molecule has 2 fully saturated rings. The van der Waals surface area contributed by atoms with Crippen molar-refractivity contribution in [2.45, 2.75) is 57.7 Å². The maximum Gasteiger partial charge on any atom is 0.408 e. The van der Waals surface area contributed by atoms with E-state index in [1.54, 1.807) is 20.8 Å². The molecule has 1 aliphatic heterocycles. The molecule has 3 rings (SSSR count). The molecule has 2 unspecified atom stereocenters. The molecule has 1 amide bonds. The second kappa shape index (κ2) is 9.03. The Morgan fingerprint density at radius 2 is 1.90 bits per heavy atom. The molecule has 1 aromatic rings. The van der Waals surface area contributed by atoms with E-state index in [0.29, 0.717) is 19.1 Å². The number of nitrogens with zero attached hydrogens (tertiary/aromatic N) is 1. The highest BCUT2D eigenvalue weighted by molar-refractivity contribution is 5.81. The second-order valence-electron chi connectivity index (χ2n) is 8.93. The first-order chi connectivity index (χ1) is 13.7. The molecule has 1 saturated carbocycles. The average molecular weight is 405 g/mol. The Hall–Kier alpha value is -2.28. The Morgan fingerprint density at radius 3 is 2.48 bits per heavy atom. The Labute approximate surface area is 172 Å². The van der Waals surface area contributed by atoms with Gasteiger partial charge in [-0.05, 0) is 57.2 Å². The van der Waals surface area contributed by atoms with Gasteiger partial charge < -0.3 is 19.5 Å². The molecule has 1 aromatic carbocycles. The lowest BCUT2D eigenvalue weighted by atomic mass is 10.1. The fraction of sp³-hybridized carbons (Fsp3) is 0.636. The molecule has 0 radical (unpaired) electrons. The van der Waals surface area contributed by atoms with Crippen LogP contribution in [0.4, 0.5) is 4.79 Å². The summed E-state index contributed by atoms with van der Waals surface area (Å²) in [5, 5.41) is 2.59. The lowest BCUT2D eigenvalue weighted by molar-refractivity contribution is -0.143. The molecule has 0 aromatic heterocycles. The van der Waals surface area contributed by atoms with E-state index < -0.39 is 23.7 Å². The van der Waals surface area contributed by atoms with Crippen LogP contribution in [0.5, 0.6) is 5.75 Å². The lowest BCUT2D eigenvalue weighted by Gasteiger charge is -2.22. The third kappa shape index (κ3) is 7.24. The molecule has 0 spiro atoms. The maximum absolute atomic E-state index is 12.1. The molecule has 160 valence electrons. The van der Waals surface area contributed by atoms with Crippen molar-refractivity contribution in [1.82, 2.24) is 10.2 Å². The highest BCUT2D eigenvalue weighted by atomic mass is 16.6. The lowest BCUT2D eigenvalue weighted by Crippen LogP contribution is -2.45. The maximum atomic E-state index is 12.1. The van der Waals surface area contributed by atoms with Crippen LogP contribution in [0.3, 0.4) is 0 Å². The van der Waals surface area contributed by atoms with Crippen molar-refractivity contribution in [1.29, 1.82) is 0 Å². The Bertz CT molecular complexity index is 709. The molecular formula is C22H32N2O5. The SMILES string of the molecule is COC(=O)[C@H](Cc1ccc(OCC2CN2CC2CC2)cc1)NC(=O)OC(C)(C)C. The number of benzene rings is 1. The summed E-state index contributed by atoms with van der Waals surface area (Å²) in [5.74, 6) is 1.21. The molecule has 1 saturated heterocycles. The number of nitrogens with one attached hydrogen (secondary N) is 1. The van der Waals surface area contributed by atoms with Crippen LogP contribution in [0.25, 0.3) is 0 Å². The zero-order chi connectivity index (χ0) is 21.0. The van der Waals surface area contributed by atoms with E-state index in [4.69, 9.17) is 14.2 Å². The number of hydrogen-bond donors (Lipinski definition) is 1. The first-order valence-corrected chi connectivity index (χ1v) is 10.3. The summed E-state index contributed by atoms with van der Waals surface area (Å²) in [6, 6.07) is 7.31. The van der Waals surface area contributed by atoms with Crippen LogP contribution in [0, 0.1) is 5.92 Å². The summed E-state index contributed by atoms with van der Waals surface area (Å²) in [5.41, 5.74) is 0.255. The number of rotatable bonds is 9. The third-order valence-corrected chi connectivity index (χ3v) is 5.00. The van der Waals surface area contributed by atoms with Gasteiger partial charge in [0.25, 0.3) is 0 Å². The van der Waals surface area contributed by atoms with Gasteiger partial charge in [0.15, 0.2) is 0 Å². The second-order valence-corrected chi connectivity index (χ2v) is 8.93. The summed E-state index contributed by atoms with van der Waals surface area (Å²) in [6.07, 6.45) is 2.42. The quantitative estimate of drug-likeness (QED) is 0.504. The molecule has 7 nitrogen and oxygen atoms in total. The van der Waals surface area contributed by atoms with Gasteiger partial charge in [-0.2, -0.15) is 0 Å². The van der Waals surface area contributed by atoms with E-state index in [0.717, 1.165) is 23.8 Å². The molecule has 7 heteroatoms. The van der Waals surface area contributed by atoms with Crippen LogP contribution in [0.15, 0.2) is 24.3 Å². The Morgan fingerprint density at radius 1 is 1.21 bits per heavy atom. The summed E-state index contributed by atoms with van der Waals surface area (Å²) >= 11 is 0.